The lowest BCUT2D eigenvalue weighted by molar-refractivity contribution is 0.250. The quantitative estimate of drug-likeness (QED) is 0.741. The first-order valence-electron chi connectivity index (χ1n) is 4.64. The number of urea groups is 1. The van der Waals surface area contributed by atoms with Crippen molar-refractivity contribution in [2.45, 2.75) is 0 Å². The van der Waals surface area contributed by atoms with Gasteiger partial charge in [0.1, 0.15) is 0 Å². The molecule has 15 heavy (non-hydrogen) atoms. The Kier molecular flexibility index (Phi) is 4.49. The fraction of sp³-hybridized carbons (Fsp3) is 0.444. The molecule has 0 atom stereocenters. The average Bonchev–Trinajstić information content (AvgIpc) is 2.18. The highest BCUT2D eigenvalue weighted by Crippen LogP contribution is 1.95. The maximum Gasteiger partial charge on any atom is 0.320 e. The minimum Gasteiger partial charge on any atom is -0.337 e. The Labute approximate surface area is 88.7 Å². The van der Waals surface area contributed by atoms with Gasteiger partial charge in [-0.25, -0.2) is 9.78 Å². The van der Waals surface area contributed by atoms with Gasteiger partial charge >= 0.3 is 6.03 Å². The molecule has 0 aliphatic carbocycles. The number of hydrogen-bond donors (Lipinski definition) is 2. The summed E-state index contributed by atoms with van der Waals surface area (Å²) < 4.78 is 0. The van der Waals surface area contributed by atoms with Crippen LogP contribution in [-0.4, -0.2) is 48.1 Å². The van der Waals surface area contributed by atoms with Crippen LogP contribution in [0.4, 0.5) is 10.6 Å². The summed E-state index contributed by atoms with van der Waals surface area (Å²) in [4.78, 5) is 21.0. The predicted molar refractivity (Wildman–Crippen MR) is 57.6 cm³/mol. The van der Waals surface area contributed by atoms with Crippen molar-refractivity contribution in [3.63, 3.8) is 0 Å². The number of hydrogen-bond acceptors (Lipinski definition) is 4. The first-order valence-corrected chi connectivity index (χ1v) is 4.64. The number of likely N-dealkylation sites (N-methyl/N-ethyl adjacent to an activating group) is 1. The van der Waals surface area contributed by atoms with Crippen LogP contribution in [0.3, 0.4) is 0 Å². The van der Waals surface area contributed by atoms with Crippen LogP contribution in [0.2, 0.25) is 0 Å². The fourth-order valence-corrected chi connectivity index (χ4v) is 0.917. The first kappa shape index (κ1) is 11.4. The van der Waals surface area contributed by atoms with Gasteiger partial charge in [-0.3, -0.25) is 10.3 Å². The summed E-state index contributed by atoms with van der Waals surface area (Å²) in [6, 6.07) is -0.266. The second kappa shape index (κ2) is 5.92. The number of aromatic nitrogens is 2. The van der Waals surface area contributed by atoms with Gasteiger partial charge in [0.2, 0.25) is 0 Å². The molecule has 82 valence electrons. The lowest BCUT2D eigenvalue weighted by atomic mass is 10.6. The van der Waals surface area contributed by atoms with Gasteiger partial charge in [0.05, 0.1) is 6.20 Å². The zero-order chi connectivity index (χ0) is 11.1. The molecule has 0 fully saturated rings. The van der Waals surface area contributed by atoms with E-state index in [1.165, 1.54) is 12.4 Å². The predicted octanol–water partition coefficient (Wildman–Crippen LogP) is 0.160. The van der Waals surface area contributed by atoms with Gasteiger partial charge in [-0.1, -0.05) is 0 Å². The van der Waals surface area contributed by atoms with E-state index in [0.29, 0.717) is 12.4 Å². The number of amides is 2. The molecular weight excluding hydrogens is 194 g/mol. The summed E-state index contributed by atoms with van der Waals surface area (Å²) in [5.41, 5.74) is 0. The largest absolute Gasteiger partial charge is 0.337 e. The zero-order valence-corrected chi connectivity index (χ0v) is 8.90. The molecule has 1 aromatic rings. The van der Waals surface area contributed by atoms with Crippen molar-refractivity contribution >= 4 is 11.8 Å². The van der Waals surface area contributed by atoms with E-state index < -0.39 is 0 Å². The number of nitrogens with one attached hydrogen (secondary N) is 2. The van der Waals surface area contributed by atoms with Crippen LogP contribution in [-0.2, 0) is 0 Å². The third kappa shape index (κ3) is 4.92. The fourth-order valence-electron chi connectivity index (χ4n) is 0.917. The van der Waals surface area contributed by atoms with Crippen molar-refractivity contribution in [3.8, 4) is 0 Å². The molecule has 0 saturated carbocycles. The molecule has 0 radical (unpaired) electrons. The van der Waals surface area contributed by atoms with E-state index in [1.54, 1.807) is 6.20 Å². The monoisotopic (exact) mass is 209 g/mol. The Morgan fingerprint density at radius 3 is 2.87 bits per heavy atom. The molecular formula is C9H15N5O. The second-order valence-corrected chi connectivity index (χ2v) is 3.27. The Morgan fingerprint density at radius 2 is 2.27 bits per heavy atom. The molecule has 0 unspecified atom stereocenters. The van der Waals surface area contributed by atoms with E-state index in [0.717, 1.165) is 6.54 Å². The summed E-state index contributed by atoms with van der Waals surface area (Å²) in [5, 5.41) is 5.28. The Hall–Kier alpha value is -1.69. The van der Waals surface area contributed by atoms with Crippen LogP contribution in [0, 0.1) is 0 Å². The second-order valence-electron chi connectivity index (χ2n) is 3.27. The van der Waals surface area contributed by atoms with Gasteiger partial charge in [0.25, 0.3) is 0 Å². The van der Waals surface area contributed by atoms with Gasteiger partial charge in [-0.2, -0.15) is 0 Å². The minimum absolute atomic E-state index is 0.266. The highest BCUT2D eigenvalue weighted by molar-refractivity contribution is 5.87. The van der Waals surface area contributed by atoms with E-state index in [1.807, 2.05) is 19.0 Å². The number of carbonyl (C=O) groups is 1. The van der Waals surface area contributed by atoms with Gasteiger partial charge < -0.3 is 10.2 Å². The average molecular weight is 209 g/mol. The Morgan fingerprint density at radius 1 is 1.47 bits per heavy atom. The first-order chi connectivity index (χ1) is 7.18. The number of carbonyl (C=O) groups excluding carboxylic acids is 1. The number of rotatable bonds is 4. The third-order valence-corrected chi connectivity index (χ3v) is 1.65. The maximum absolute atomic E-state index is 11.3. The molecule has 1 rings (SSSR count). The van der Waals surface area contributed by atoms with Crippen molar-refractivity contribution in [3.05, 3.63) is 18.6 Å². The zero-order valence-electron chi connectivity index (χ0n) is 8.90. The van der Waals surface area contributed by atoms with E-state index >= 15 is 0 Å². The lowest BCUT2D eigenvalue weighted by Crippen LogP contribution is -2.34. The van der Waals surface area contributed by atoms with Crippen LogP contribution in [0.5, 0.6) is 0 Å². The van der Waals surface area contributed by atoms with Crippen LogP contribution in [0.25, 0.3) is 0 Å². The van der Waals surface area contributed by atoms with Crippen molar-refractivity contribution in [1.82, 2.24) is 20.2 Å². The van der Waals surface area contributed by atoms with Gasteiger partial charge in [0.15, 0.2) is 5.82 Å². The lowest BCUT2D eigenvalue weighted by Gasteiger charge is -2.10. The van der Waals surface area contributed by atoms with Crippen molar-refractivity contribution in [1.29, 1.82) is 0 Å². The topological polar surface area (TPSA) is 70.2 Å². The van der Waals surface area contributed by atoms with Crippen LogP contribution >= 0.6 is 0 Å². The summed E-state index contributed by atoms with van der Waals surface area (Å²) in [6.45, 7) is 1.40. The van der Waals surface area contributed by atoms with Crippen LogP contribution in [0.1, 0.15) is 0 Å². The molecule has 2 amide bonds. The van der Waals surface area contributed by atoms with Crippen LogP contribution in [0.15, 0.2) is 18.6 Å². The van der Waals surface area contributed by atoms with Crippen molar-refractivity contribution in [2.75, 3.05) is 32.5 Å². The highest BCUT2D eigenvalue weighted by Gasteiger charge is 2.01. The molecule has 0 saturated heterocycles. The van der Waals surface area contributed by atoms with E-state index in [-0.39, 0.29) is 6.03 Å². The van der Waals surface area contributed by atoms with E-state index in [4.69, 9.17) is 0 Å². The molecule has 1 heterocycles. The molecule has 0 aromatic carbocycles. The van der Waals surface area contributed by atoms with Gasteiger partial charge in [-0.15, -0.1) is 0 Å². The molecule has 2 N–H and O–H groups in total. The van der Waals surface area contributed by atoms with Gasteiger partial charge in [0, 0.05) is 25.5 Å². The number of anilines is 1. The van der Waals surface area contributed by atoms with E-state index in [9.17, 15) is 4.79 Å². The van der Waals surface area contributed by atoms with E-state index in [2.05, 4.69) is 20.6 Å². The molecule has 1 aromatic heterocycles. The number of nitrogens with zero attached hydrogens (tertiary/aromatic N) is 3. The van der Waals surface area contributed by atoms with Gasteiger partial charge in [-0.05, 0) is 14.1 Å². The molecule has 0 spiro atoms. The maximum atomic E-state index is 11.3. The third-order valence-electron chi connectivity index (χ3n) is 1.65. The van der Waals surface area contributed by atoms with Crippen LogP contribution < -0.4 is 10.6 Å². The molecule has 0 aliphatic heterocycles. The minimum atomic E-state index is -0.266. The summed E-state index contributed by atoms with van der Waals surface area (Å²) >= 11 is 0. The molecule has 0 bridgehead atoms. The summed E-state index contributed by atoms with van der Waals surface area (Å²) in [7, 11) is 3.89. The summed E-state index contributed by atoms with van der Waals surface area (Å²) in [5.74, 6) is 0.444. The highest BCUT2D eigenvalue weighted by atomic mass is 16.2. The van der Waals surface area contributed by atoms with Crippen molar-refractivity contribution < 1.29 is 4.79 Å². The standard InChI is InChI=1S/C9H15N5O/c1-14(2)6-5-12-9(15)13-8-7-10-3-4-11-8/h3-4,7H,5-6H2,1-2H3,(H2,11,12,13,15). The Bertz CT molecular complexity index is 301. The smallest absolute Gasteiger partial charge is 0.320 e. The van der Waals surface area contributed by atoms with Crippen molar-refractivity contribution in [2.24, 2.45) is 0 Å². The molecule has 6 heteroatoms. The SMILES string of the molecule is CN(C)CCNC(=O)Nc1cnccn1. The Balaban J connectivity index is 2.25. The molecule has 0 aliphatic rings. The molecule has 6 nitrogen and oxygen atoms in total. The normalized spacial score (nSPS) is 10.1. The summed E-state index contributed by atoms with van der Waals surface area (Å²) in [6.07, 6.45) is 4.57.